The Hall–Kier alpha value is -1.63. The van der Waals surface area contributed by atoms with Gasteiger partial charge < -0.3 is 0 Å². The molecular weight excluding hydrogens is 194 g/mol. The maximum Gasteiger partial charge on any atom is 0.0302 e. The minimum absolute atomic E-state index is 0.577. The van der Waals surface area contributed by atoms with Gasteiger partial charge in [0.25, 0.3) is 0 Å². The van der Waals surface area contributed by atoms with Crippen molar-refractivity contribution in [2.75, 3.05) is 0 Å². The first-order valence-electron chi connectivity index (χ1n) is 5.93. The summed E-state index contributed by atoms with van der Waals surface area (Å²) in [6.07, 6.45) is 7.68. The van der Waals surface area contributed by atoms with Gasteiger partial charge in [0, 0.05) is 18.3 Å². The highest BCUT2D eigenvalue weighted by molar-refractivity contribution is 5.38. The largest absolute Gasteiger partial charge is 0.264 e. The molecule has 1 heteroatoms. The standard InChI is InChI=1S/C15H15N/c1-2-5-12(6-3-1)14-8-4-7-13-11-16-10-9-15(13)14/h1-3,5-6,9-11,14H,4,7-8H2. The molecule has 2 aromatic rings. The number of hydrogen-bond donors (Lipinski definition) is 0. The van der Waals surface area contributed by atoms with Crippen molar-refractivity contribution >= 4 is 0 Å². The van der Waals surface area contributed by atoms with Crippen LogP contribution < -0.4 is 0 Å². The number of aryl methyl sites for hydroxylation is 1. The number of nitrogens with zero attached hydrogens (tertiary/aromatic N) is 1. The third kappa shape index (κ3) is 1.63. The van der Waals surface area contributed by atoms with E-state index in [0.717, 1.165) is 0 Å². The van der Waals surface area contributed by atoms with E-state index in [9.17, 15) is 0 Å². The summed E-state index contributed by atoms with van der Waals surface area (Å²) in [6, 6.07) is 13.0. The predicted octanol–water partition coefficient (Wildman–Crippen LogP) is 3.55. The van der Waals surface area contributed by atoms with Gasteiger partial charge in [0.05, 0.1) is 0 Å². The Balaban J connectivity index is 2.05. The summed E-state index contributed by atoms with van der Waals surface area (Å²) in [5, 5.41) is 0. The zero-order valence-electron chi connectivity index (χ0n) is 9.26. The van der Waals surface area contributed by atoms with Crippen LogP contribution in [0.25, 0.3) is 0 Å². The Labute approximate surface area is 96.2 Å². The molecule has 0 radical (unpaired) electrons. The molecule has 0 spiro atoms. The number of fused-ring (bicyclic) bond motifs is 1. The fraction of sp³-hybridized carbons (Fsp3) is 0.267. The number of benzene rings is 1. The molecule has 1 aliphatic carbocycles. The van der Waals surface area contributed by atoms with Gasteiger partial charge in [-0.2, -0.15) is 0 Å². The second kappa shape index (κ2) is 4.09. The van der Waals surface area contributed by atoms with E-state index in [-0.39, 0.29) is 0 Å². The molecule has 0 bridgehead atoms. The van der Waals surface area contributed by atoms with Crippen molar-refractivity contribution in [3.8, 4) is 0 Å². The molecule has 0 N–H and O–H groups in total. The zero-order chi connectivity index (χ0) is 10.8. The van der Waals surface area contributed by atoms with E-state index in [2.05, 4.69) is 41.4 Å². The highest BCUT2D eigenvalue weighted by Crippen LogP contribution is 2.35. The monoisotopic (exact) mass is 209 g/mol. The van der Waals surface area contributed by atoms with Crippen LogP contribution in [0.3, 0.4) is 0 Å². The lowest BCUT2D eigenvalue weighted by Crippen LogP contribution is -2.11. The zero-order valence-corrected chi connectivity index (χ0v) is 9.26. The summed E-state index contributed by atoms with van der Waals surface area (Å²) in [7, 11) is 0. The van der Waals surface area contributed by atoms with Crippen molar-refractivity contribution in [1.29, 1.82) is 0 Å². The topological polar surface area (TPSA) is 12.9 Å². The van der Waals surface area contributed by atoms with Gasteiger partial charge in [-0.3, -0.25) is 4.98 Å². The lowest BCUT2D eigenvalue weighted by Gasteiger charge is -2.25. The Bertz CT molecular complexity index is 476. The third-order valence-corrected chi connectivity index (χ3v) is 3.46. The number of rotatable bonds is 1. The lowest BCUT2D eigenvalue weighted by molar-refractivity contribution is 0.613. The van der Waals surface area contributed by atoms with Crippen molar-refractivity contribution in [1.82, 2.24) is 4.98 Å². The van der Waals surface area contributed by atoms with Gasteiger partial charge >= 0.3 is 0 Å². The summed E-state index contributed by atoms with van der Waals surface area (Å²) < 4.78 is 0. The second-order valence-corrected chi connectivity index (χ2v) is 4.43. The van der Waals surface area contributed by atoms with E-state index in [1.54, 1.807) is 0 Å². The van der Waals surface area contributed by atoms with Gasteiger partial charge in [-0.05, 0) is 42.0 Å². The molecule has 1 aromatic carbocycles. The van der Waals surface area contributed by atoms with Crippen molar-refractivity contribution in [2.24, 2.45) is 0 Å². The Morgan fingerprint density at radius 1 is 1.06 bits per heavy atom. The van der Waals surface area contributed by atoms with Gasteiger partial charge in [0.15, 0.2) is 0 Å². The highest BCUT2D eigenvalue weighted by atomic mass is 14.6. The quantitative estimate of drug-likeness (QED) is 0.700. The summed E-state index contributed by atoms with van der Waals surface area (Å²) in [5.74, 6) is 0.577. The summed E-state index contributed by atoms with van der Waals surface area (Å²) >= 11 is 0. The van der Waals surface area contributed by atoms with Crippen molar-refractivity contribution in [3.63, 3.8) is 0 Å². The molecule has 0 saturated carbocycles. The van der Waals surface area contributed by atoms with Crippen LogP contribution in [0.5, 0.6) is 0 Å². The molecule has 1 aliphatic rings. The van der Waals surface area contributed by atoms with E-state index in [1.807, 2.05) is 12.4 Å². The lowest BCUT2D eigenvalue weighted by atomic mass is 9.80. The molecular formula is C15H15N. The maximum atomic E-state index is 4.23. The molecule has 1 atom stereocenters. The van der Waals surface area contributed by atoms with Crippen LogP contribution in [0.1, 0.15) is 35.4 Å². The number of pyridine rings is 1. The van der Waals surface area contributed by atoms with Gasteiger partial charge in [-0.15, -0.1) is 0 Å². The van der Waals surface area contributed by atoms with Crippen molar-refractivity contribution in [3.05, 3.63) is 65.5 Å². The molecule has 80 valence electrons. The molecule has 0 saturated heterocycles. The Kier molecular flexibility index (Phi) is 2.45. The van der Waals surface area contributed by atoms with Crippen molar-refractivity contribution < 1.29 is 0 Å². The van der Waals surface area contributed by atoms with E-state index >= 15 is 0 Å². The minimum Gasteiger partial charge on any atom is -0.264 e. The van der Waals surface area contributed by atoms with E-state index in [4.69, 9.17) is 0 Å². The number of aromatic nitrogens is 1. The van der Waals surface area contributed by atoms with Crippen LogP contribution in [-0.2, 0) is 6.42 Å². The van der Waals surface area contributed by atoms with Gasteiger partial charge in [0.1, 0.15) is 0 Å². The molecule has 0 aliphatic heterocycles. The summed E-state index contributed by atoms with van der Waals surface area (Å²) in [4.78, 5) is 4.23. The first-order valence-corrected chi connectivity index (χ1v) is 5.93. The average molecular weight is 209 g/mol. The number of hydrogen-bond acceptors (Lipinski definition) is 1. The van der Waals surface area contributed by atoms with Crippen molar-refractivity contribution in [2.45, 2.75) is 25.2 Å². The van der Waals surface area contributed by atoms with Crippen LogP contribution in [0, 0.1) is 0 Å². The summed E-state index contributed by atoms with van der Waals surface area (Å²) in [5.41, 5.74) is 4.35. The fourth-order valence-corrected chi connectivity index (χ4v) is 2.67. The molecule has 1 heterocycles. The van der Waals surface area contributed by atoms with E-state index in [0.29, 0.717) is 5.92 Å². The SMILES string of the molecule is c1ccc(C2CCCc3cnccc32)cc1. The van der Waals surface area contributed by atoms with Gasteiger partial charge in [-0.1, -0.05) is 30.3 Å². The van der Waals surface area contributed by atoms with Crippen LogP contribution >= 0.6 is 0 Å². The molecule has 0 fully saturated rings. The predicted molar refractivity (Wildman–Crippen MR) is 65.5 cm³/mol. The normalized spacial score (nSPS) is 19.1. The van der Waals surface area contributed by atoms with Crippen LogP contribution in [0.15, 0.2) is 48.8 Å². The van der Waals surface area contributed by atoms with E-state index < -0.39 is 0 Å². The fourth-order valence-electron chi connectivity index (χ4n) is 2.67. The van der Waals surface area contributed by atoms with Crippen LogP contribution in [-0.4, -0.2) is 4.98 Å². The van der Waals surface area contributed by atoms with Crippen LogP contribution in [0.4, 0.5) is 0 Å². The Morgan fingerprint density at radius 2 is 1.94 bits per heavy atom. The first kappa shape index (κ1) is 9.59. The van der Waals surface area contributed by atoms with E-state index in [1.165, 1.54) is 36.0 Å². The molecule has 0 amide bonds. The highest BCUT2D eigenvalue weighted by Gasteiger charge is 2.20. The van der Waals surface area contributed by atoms with Crippen LogP contribution in [0.2, 0.25) is 0 Å². The molecule has 16 heavy (non-hydrogen) atoms. The maximum absolute atomic E-state index is 4.23. The second-order valence-electron chi connectivity index (χ2n) is 4.43. The summed E-state index contributed by atoms with van der Waals surface area (Å²) in [6.45, 7) is 0. The third-order valence-electron chi connectivity index (χ3n) is 3.46. The Morgan fingerprint density at radius 3 is 2.81 bits per heavy atom. The molecule has 3 rings (SSSR count). The average Bonchev–Trinajstić information content (AvgIpc) is 2.39. The molecule has 1 aromatic heterocycles. The molecule has 1 unspecified atom stereocenters. The molecule has 1 nitrogen and oxygen atoms in total. The van der Waals surface area contributed by atoms with Gasteiger partial charge in [-0.25, -0.2) is 0 Å². The smallest absolute Gasteiger partial charge is 0.0302 e. The first-order chi connectivity index (χ1) is 7.95. The van der Waals surface area contributed by atoms with Gasteiger partial charge in [0.2, 0.25) is 0 Å². The minimum atomic E-state index is 0.577.